The van der Waals surface area contributed by atoms with Crippen molar-refractivity contribution < 1.29 is 63.7 Å². The number of aryl methyl sites for hydroxylation is 1. The number of rotatable bonds is 15. The van der Waals surface area contributed by atoms with Crippen molar-refractivity contribution in [2.75, 3.05) is 0 Å². The van der Waals surface area contributed by atoms with Crippen LogP contribution >= 0.6 is 0 Å². The molecule has 0 bridgehead atoms. The molecule has 3 atom stereocenters. The molecular weight excluding hydrogens is 676 g/mol. The van der Waals surface area contributed by atoms with Crippen molar-refractivity contribution in [1.29, 1.82) is 0 Å². The van der Waals surface area contributed by atoms with Gasteiger partial charge in [-0.05, 0) is 68.1 Å². The highest BCUT2D eigenvalue weighted by molar-refractivity contribution is 5.99. The Morgan fingerprint density at radius 3 is 1.15 bits per heavy atom. The van der Waals surface area contributed by atoms with Gasteiger partial charge >= 0.3 is 23.9 Å². The molecule has 4 rings (SSSR count). The van der Waals surface area contributed by atoms with E-state index in [0.717, 1.165) is 5.56 Å². The third-order valence-corrected chi connectivity index (χ3v) is 7.34. The van der Waals surface area contributed by atoms with E-state index in [-0.39, 0.29) is 46.6 Å². The van der Waals surface area contributed by atoms with Crippen LogP contribution in [0.3, 0.4) is 0 Å². The molecule has 0 saturated heterocycles. The number of benzene rings is 4. The Hall–Kier alpha value is -5.76. The first-order valence-corrected chi connectivity index (χ1v) is 16.4. The maximum absolute atomic E-state index is 13.7. The van der Waals surface area contributed by atoms with E-state index in [1.54, 1.807) is 12.1 Å². The summed E-state index contributed by atoms with van der Waals surface area (Å²) in [4.78, 5) is 53.5. The highest BCUT2D eigenvalue weighted by atomic mass is 16.6. The number of aliphatic hydroxyl groups excluding tert-OH is 3. The number of ether oxygens (including phenoxy) is 4. The predicted octanol–water partition coefficient (Wildman–Crippen LogP) is 5.00. The molecule has 0 aromatic heterocycles. The molecule has 0 aliphatic carbocycles. The highest BCUT2D eigenvalue weighted by Crippen LogP contribution is 2.58. The standard InChI is InChI=1S/C39H40O13/c1-22(40)19-31(46)50-37-35(27-12-16-29(44)17-13-27)39(52-33(48)21-24(3)42)38(51-32(47)20-23(2)41)34(26-10-14-28(43)15-11-26)36(37)49-30(45)18-9-25-7-5-4-6-8-25/h4-8,10-17,22-24,40-44H,9,18-21H2,1-3H3. The molecule has 5 N–H and O–H groups in total. The third-order valence-electron chi connectivity index (χ3n) is 7.34. The number of phenolic OH excluding ortho intramolecular Hbond substituents is 2. The maximum Gasteiger partial charge on any atom is 0.313 e. The summed E-state index contributed by atoms with van der Waals surface area (Å²) in [5.41, 5.74) is 0.589. The summed E-state index contributed by atoms with van der Waals surface area (Å²) in [5.74, 6) is -6.09. The second-order valence-corrected chi connectivity index (χ2v) is 12.2. The Kier molecular flexibility index (Phi) is 13.5. The fraction of sp³-hybridized carbons (Fsp3) is 0.282. The van der Waals surface area contributed by atoms with Gasteiger partial charge in [-0.3, -0.25) is 19.2 Å². The van der Waals surface area contributed by atoms with Gasteiger partial charge < -0.3 is 44.5 Å². The maximum atomic E-state index is 13.7. The molecule has 0 aliphatic rings. The van der Waals surface area contributed by atoms with E-state index in [2.05, 4.69) is 0 Å². The first kappa shape index (κ1) is 39.0. The summed E-state index contributed by atoms with van der Waals surface area (Å²) >= 11 is 0. The topological polar surface area (TPSA) is 206 Å². The molecule has 274 valence electrons. The Labute approximate surface area is 299 Å². The molecule has 0 saturated carbocycles. The monoisotopic (exact) mass is 716 g/mol. The van der Waals surface area contributed by atoms with E-state index >= 15 is 0 Å². The van der Waals surface area contributed by atoms with Gasteiger partial charge in [0.05, 0.1) is 48.7 Å². The van der Waals surface area contributed by atoms with Crippen LogP contribution < -0.4 is 18.9 Å². The molecule has 4 aromatic rings. The molecule has 0 heterocycles. The molecule has 13 heteroatoms. The van der Waals surface area contributed by atoms with Crippen LogP contribution in [0, 0.1) is 0 Å². The van der Waals surface area contributed by atoms with E-state index in [1.807, 2.05) is 18.2 Å². The van der Waals surface area contributed by atoms with Crippen molar-refractivity contribution in [3.63, 3.8) is 0 Å². The average Bonchev–Trinajstić information content (AvgIpc) is 3.06. The second kappa shape index (κ2) is 17.9. The fourth-order valence-corrected chi connectivity index (χ4v) is 5.08. The van der Waals surface area contributed by atoms with Gasteiger partial charge in [-0.25, -0.2) is 0 Å². The number of aliphatic hydroxyl groups is 3. The largest absolute Gasteiger partial charge is 0.508 e. The first-order valence-electron chi connectivity index (χ1n) is 16.4. The minimum atomic E-state index is -1.17. The van der Waals surface area contributed by atoms with Crippen LogP contribution in [-0.4, -0.2) is 67.7 Å². The average molecular weight is 717 g/mol. The normalized spacial score (nSPS) is 12.7. The van der Waals surface area contributed by atoms with Crippen molar-refractivity contribution in [2.45, 2.75) is 71.2 Å². The van der Waals surface area contributed by atoms with Gasteiger partial charge in [0.25, 0.3) is 0 Å². The molecule has 3 unspecified atom stereocenters. The molecular formula is C39H40O13. The lowest BCUT2D eigenvalue weighted by Gasteiger charge is -2.25. The van der Waals surface area contributed by atoms with Crippen LogP contribution in [0.15, 0.2) is 78.9 Å². The Balaban J connectivity index is 2.13. The van der Waals surface area contributed by atoms with E-state index in [4.69, 9.17) is 18.9 Å². The third kappa shape index (κ3) is 10.9. The van der Waals surface area contributed by atoms with Crippen LogP contribution in [0.4, 0.5) is 0 Å². The second-order valence-electron chi connectivity index (χ2n) is 12.2. The molecule has 4 aromatic carbocycles. The van der Waals surface area contributed by atoms with Crippen molar-refractivity contribution in [3.8, 4) is 56.8 Å². The zero-order valence-corrected chi connectivity index (χ0v) is 28.8. The van der Waals surface area contributed by atoms with Crippen LogP contribution in [0.25, 0.3) is 22.3 Å². The van der Waals surface area contributed by atoms with Crippen molar-refractivity contribution in [2.24, 2.45) is 0 Å². The van der Waals surface area contributed by atoms with E-state index in [1.165, 1.54) is 69.3 Å². The number of hydrogen-bond donors (Lipinski definition) is 5. The Bertz CT molecular complexity index is 1860. The van der Waals surface area contributed by atoms with Crippen molar-refractivity contribution in [1.82, 2.24) is 0 Å². The molecule has 0 amide bonds. The number of phenols is 2. The van der Waals surface area contributed by atoms with Crippen LogP contribution in [0.5, 0.6) is 34.5 Å². The van der Waals surface area contributed by atoms with Crippen LogP contribution in [0.1, 0.15) is 52.0 Å². The summed E-state index contributed by atoms with van der Waals surface area (Å²) in [5, 5.41) is 50.3. The molecule has 0 spiro atoms. The van der Waals surface area contributed by atoms with Gasteiger partial charge in [0.2, 0.25) is 0 Å². The van der Waals surface area contributed by atoms with Crippen LogP contribution in [0.2, 0.25) is 0 Å². The van der Waals surface area contributed by atoms with Gasteiger partial charge in [0.15, 0.2) is 23.0 Å². The molecule has 0 fully saturated rings. The SMILES string of the molecule is CC(O)CC(=O)Oc1c(OC(=O)CC(C)O)c(-c2ccc(O)cc2)c(OC(=O)CC(C)O)c(OC(=O)CCc2ccccc2)c1-c1ccc(O)cc1. The van der Waals surface area contributed by atoms with Gasteiger partial charge in [-0.15, -0.1) is 0 Å². The Morgan fingerprint density at radius 2 is 0.827 bits per heavy atom. The minimum absolute atomic E-state index is 0.115. The lowest BCUT2D eigenvalue weighted by molar-refractivity contribution is -0.139. The van der Waals surface area contributed by atoms with Crippen molar-refractivity contribution >= 4 is 23.9 Å². The predicted molar refractivity (Wildman–Crippen MR) is 187 cm³/mol. The fourth-order valence-electron chi connectivity index (χ4n) is 5.08. The summed E-state index contributed by atoms with van der Waals surface area (Å²) in [6.45, 7) is 4.04. The minimum Gasteiger partial charge on any atom is -0.508 e. The number of aromatic hydroxyl groups is 2. The van der Waals surface area contributed by atoms with E-state index in [9.17, 15) is 44.7 Å². The molecule has 0 radical (unpaired) electrons. The van der Waals surface area contributed by atoms with E-state index < -0.39 is 84.4 Å². The zero-order valence-electron chi connectivity index (χ0n) is 28.8. The van der Waals surface area contributed by atoms with Gasteiger partial charge in [-0.2, -0.15) is 0 Å². The smallest absolute Gasteiger partial charge is 0.313 e. The molecule has 52 heavy (non-hydrogen) atoms. The number of esters is 4. The summed E-state index contributed by atoms with van der Waals surface area (Å²) in [6.07, 6.45) is -5.00. The zero-order chi connectivity index (χ0) is 37.9. The summed E-state index contributed by atoms with van der Waals surface area (Å²) in [7, 11) is 0. The highest BCUT2D eigenvalue weighted by Gasteiger charge is 2.35. The number of hydrogen-bond acceptors (Lipinski definition) is 13. The number of carbonyl (C=O) groups excluding carboxylic acids is 4. The van der Waals surface area contributed by atoms with Crippen molar-refractivity contribution in [3.05, 3.63) is 84.4 Å². The van der Waals surface area contributed by atoms with E-state index in [0.29, 0.717) is 0 Å². The lowest BCUT2D eigenvalue weighted by atomic mass is 9.94. The van der Waals surface area contributed by atoms with Crippen LogP contribution in [-0.2, 0) is 25.6 Å². The lowest BCUT2D eigenvalue weighted by Crippen LogP contribution is -2.21. The van der Waals surface area contributed by atoms with Gasteiger partial charge in [0, 0.05) is 6.42 Å². The first-order chi connectivity index (χ1) is 24.7. The Morgan fingerprint density at radius 1 is 0.500 bits per heavy atom. The number of carbonyl (C=O) groups is 4. The quantitative estimate of drug-likeness (QED) is 0.0812. The molecule has 0 aliphatic heterocycles. The van der Waals surface area contributed by atoms with Gasteiger partial charge in [-0.1, -0.05) is 54.6 Å². The molecule has 13 nitrogen and oxygen atoms in total. The summed E-state index contributed by atoms with van der Waals surface area (Å²) < 4.78 is 23.4. The summed E-state index contributed by atoms with van der Waals surface area (Å²) in [6, 6.07) is 19.7. The van der Waals surface area contributed by atoms with Gasteiger partial charge in [0.1, 0.15) is 11.5 Å².